The Bertz CT molecular complexity index is 670. The lowest BCUT2D eigenvalue weighted by molar-refractivity contribution is -0.385. The van der Waals surface area contributed by atoms with E-state index in [-0.39, 0.29) is 17.8 Å². The van der Waals surface area contributed by atoms with Gasteiger partial charge >= 0.3 is 0 Å². The van der Waals surface area contributed by atoms with Gasteiger partial charge in [0, 0.05) is 7.05 Å². The van der Waals surface area contributed by atoms with Crippen molar-refractivity contribution in [1.29, 1.82) is 0 Å². The third-order valence-electron chi connectivity index (χ3n) is 2.80. The van der Waals surface area contributed by atoms with Crippen molar-refractivity contribution in [3.8, 4) is 0 Å². The van der Waals surface area contributed by atoms with E-state index in [2.05, 4.69) is 10.6 Å². The van der Waals surface area contributed by atoms with Crippen LogP contribution in [-0.2, 0) is 6.54 Å². The molecule has 0 aliphatic rings. The van der Waals surface area contributed by atoms with E-state index in [1.54, 1.807) is 12.1 Å². The van der Waals surface area contributed by atoms with Gasteiger partial charge in [0.2, 0.25) is 0 Å². The first-order chi connectivity index (χ1) is 10.0. The maximum absolute atomic E-state index is 13.5. The summed E-state index contributed by atoms with van der Waals surface area (Å²) in [6.07, 6.45) is 1.45. The molecule has 0 saturated carbocycles. The fourth-order valence-electron chi connectivity index (χ4n) is 1.76. The molecule has 1 heterocycles. The summed E-state index contributed by atoms with van der Waals surface area (Å²) in [6, 6.07) is 5.12. The van der Waals surface area contributed by atoms with Crippen LogP contribution in [0, 0.1) is 15.9 Å². The molecule has 0 aliphatic carbocycles. The molecular formula is C13H12FN3O4. The average Bonchev–Trinajstić information content (AvgIpc) is 2.97. The molecule has 0 radical (unpaired) electrons. The van der Waals surface area contributed by atoms with Crippen LogP contribution in [0.1, 0.15) is 16.1 Å². The quantitative estimate of drug-likeness (QED) is 0.651. The Kier molecular flexibility index (Phi) is 4.17. The minimum Gasteiger partial charge on any atom is -0.467 e. The second kappa shape index (κ2) is 6.04. The molecular weight excluding hydrogens is 281 g/mol. The summed E-state index contributed by atoms with van der Waals surface area (Å²) in [5, 5.41) is 15.9. The molecule has 21 heavy (non-hydrogen) atoms. The number of nitro benzene ring substituents is 1. The van der Waals surface area contributed by atoms with E-state index in [0.717, 1.165) is 6.07 Å². The minimum absolute atomic E-state index is 0.00347. The monoisotopic (exact) mass is 293 g/mol. The predicted octanol–water partition coefficient (Wildman–Crippen LogP) is 2.30. The van der Waals surface area contributed by atoms with Gasteiger partial charge in [-0.25, -0.2) is 4.39 Å². The van der Waals surface area contributed by atoms with Gasteiger partial charge in [-0.05, 0) is 18.2 Å². The maximum Gasteiger partial charge on any atom is 0.285 e. The first kappa shape index (κ1) is 14.5. The van der Waals surface area contributed by atoms with Crippen LogP contribution in [0.3, 0.4) is 0 Å². The molecule has 2 N–H and O–H groups in total. The molecule has 0 atom stereocenters. The van der Waals surface area contributed by atoms with E-state index >= 15 is 0 Å². The van der Waals surface area contributed by atoms with Gasteiger partial charge in [-0.15, -0.1) is 0 Å². The number of amides is 1. The van der Waals surface area contributed by atoms with Gasteiger partial charge in [-0.2, -0.15) is 0 Å². The first-order valence-corrected chi connectivity index (χ1v) is 5.99. The molecule has 2 aromatic rings. The number of furan rings is 1. The van der Waals surface area contributed by atoms with E-state index in [4.69, 9.17) is 4.42 Å². The smallest absolute Gasteiger partial charge is 0.285 e. The fourth-order valence-corrected chi connectivity index (χ4v) is 1.76. The van der Waals surface area contributed by atoms with Crippen molar-refractivity contribution >= 4 is 17.3 Å². The highest BCUT2D eigenvalue weighted by Crippen LogP contribution is 2.26. The van der Waals surface area contributed by atoms with Crippen LogP contribution in [0.25, 0.3) is 0 Å². The van der Waals surface area contributed by atoms with Crippen LogP contribution in [0.15, 0.2) is 34.9 Å². The molecule has 0 bridgehead atoms. The SMILES string of the molecule is CNc1cc(C(=O)NCc2ccco2)c([N+](=O)[O-])cc1F. The van der Waals surface area contributed by atoms with E-state index in [9.17, 15) is 19.3 Å². The Hall–Kier alpha value is -2.90. The lowest BCUT2D eigenvalue weighted by Gasteiger charge is -2.08. The highest BCUT2D eigenvalue weighted by atomic mass is 19.1. The van der Waals surface area contributed by atoms with Gasteiger partial charge in [-0.3, -0.25) is 14.9 Å². The van der Waals surface area contributed by atoms with Crippen molar-refractivity contribution in [2.45, 2.75) is 6.54 Å². The molecule has 1 aromatic heterocycles. The lowest BCUT2D eigenvalue weighted by atomic mass is 10.1. The zero-order chi connectivity index (χ0) is 15.4. The number of nitro groups is 1. The topological polar surface area (TPSA) is 97.4 Å². The van der Waals surface area contributed by atoms with Crippen molar-refractivity contribution in [3.05, 3.63) is 57.8 Å². The van der Waals surface area contributed by atoms with Gasteiger partial charge in [0.05, 0.1) is 29.5 Å². The van der Waals surface area contributed by atoms with Gasteiger partial charge < -0.3 is 15.1 Å². The summed E-state index contributed by atoms with van der Waals surface area (Å²) in [4.78, 5) is 22.2. The molecule has 0 fully saturated rings. The van der Waals surface area contributed by atoms with Gasteiger partial charge in [0.1, 0.15) is 11.3 Å². The predicted molar refractivity (Wildman–Crippen MR) is 72.5 cm³/mol. The Morgan fingerprint density at radius 1 is 1.48 bits per heavy atom. The Morgan fingerprint density at radius 2 is 2.24 bits per heavy atom. The van der Waals surface area contributed by atoms with Crippen molar-refractivity contribution in [2.24, 2.45) is 0 Å². The summed E-state index contributed by atoms with van der Waals surface area (Å²) in [5.74, 6) is -0.983. The highest BCUT2D eigenvalue weighted by Gasteiger charge is 2.23. The molecule has 1 amide bonds. The van der Waals surface area contributed by atoms with Gasteiger partial charge in [-0.1, -0.05) is 0 Å². The average molecular weight is 293 g/mol. The fraction of sp³-hybridized carbons (Fsp3) is 0.154. The maximum atomic E-state index is 13.5. The van der Waals surface area contributed by atoms with E-state index < -0.39 is 22.3 Å². The summed E-state index contributed by atoms with van der Waals surface area (Å²) < 4.78 is 18.6. The third kappa shape index (κ3) is 3.16. The molecule has 0 saturated heterocycles. The van der Waals surface area contributed by atoms with Crippen LogP contribution in [0.4, 0.5) is 15.8 Å². The van der Waals surface area contributed by atoms with Crippen LogP contribution in [-0.4, -0.2) is 17.9 Å². The van der Waals surface area contributed by atoms with Crippen LogP contribution in [0.2, 0.25) is 0 Å². The first-order valence-electron chi connectivity index (χ1n) is 5.99. The normalized spacial score (nSPS) is 10.2. The van der Waals surface area contributed by atoms with Crippen molar-refractivity contribution in [1.82, 2.24) is 5.32 Å². The number of rotatable bonds is 5. The number of anilines is 1. The molecule has 0 aliphatic heterocycles. The van der Waals surface area contributed by atoms with Crippen LogP contribution in [0.5, 0.6) is 0 Å². The summed E-state index contributed by atoms with van der Waals surface area (Å²) >= 11 is 0. The number of hydrogen-bond donors (Lipinski definition) is 2. The minimum atomic E-state index is -0.801. The van der Waals surface area contributed by atoms with Crippen LogP contribution >= 0.6 is 0 Å². The van der Waals surface area contributed by atoms with E-state index in [0.29, 0.717) is 11.8 Å². The number of nitrogens with zero attached hydrogens (tertiary/aromatic N) is 1. The summed E-state index contributed by atoms with van der Waals surface area (Å²) in [5.41, 5.74) is -0.815. The molecule has 7 nitrogen and oxygen atoms in total. The second-order valence-corrected chi connectivity index (χ2v) is 4.12. The standard InChI is InChI=1S/C13H12FN3O4/c1-15-11-5-9(12(17(19)20)6-10(11)14)13(18)16-7-8-3-2-4-21-8/h2-6,15H,7H2,1H3,(H,16,18). The number of carbonyl (C=O) groups is 1. The van der Waals surface area contributed by atoms with Gasteiger partial charge in [0.15, 0.2) is 5.82 Å². The lowest BCUT2D eigenvalue weighted by Crippen LogP contribution is -2.23. The number of halogens is 1. The third-order valence-corrected chi connectivity index (χ3v) is 2.80. The summed E-state index contributed by atoms with van der Waals surface area (Å²) in [6.45, 7) is 0.0786. The Morgan fingerprint density at radius 3 is 2.81 bits per heavy atom. The zero-order valence-electron chi connectivity index (χ0n) is 11.1. The highest BCUT2D eigenvalue weighted by molar-refractivity contribution is 5.99. The van der Waals surface area contributed by atoms with Crippen molar-refractivity contribution < 1.29 is 18.5 Å². The van der Waals surface area contributed by atoms with Gasteiger partial charge in [0.25, 0.3) is 11.6 Å². The molecule has 0 unspecified atom stereocenters. The van der Waals surface area contributed by atoms with E-state index in [1.807, 2.05) is 0 Å². The van der Waals surface area contributed by atoms with Crippen LogP contribution < -0.4 is 10.6 Å². The van der Waals surface area contributed by atoms with E-state index in [1.165, 1.54) is 13.3 Å². The second-order valence-electron chi connectivity index (χ2n) is 4.12. The number of nitrogens with one attached hydrogen (secondary N) is 2. The molecule has 2 rings (SSSR count). The van der Waals surface area contributed by atoms with Crippen molar-refractivity contribution in [2.75, 3.05) is 12.4 Å². The molecule has 110 valence electrons. The zero-order valence-corrected chi connectivity index (χ0v) is 11.1. The molecule has 0 spiro atoms. The molecule has 8 heteroatoms. The Labute approximate surface area is 118 Å². The summed E-state index contributed by atoms with van der Waals surface area (Å²) in [7, 11) is 1.45. The Balaban J connectivity index is 2.27. The number of hydrogen-bond acceptors (Lipinski definition) is 5. The number of carbonyl (C=O) groups excluding carboxylic acids is 1. The number of benzene rings is 1. The van der Waals surface area contributed by atoms with Crippen molar-refractivity contribution in [3.63, 3.8) is 0 Å². The largest absolute Gasteiger partial charge is 0.467 e. The molecule has 1 aromatic carbocycles.